The van der Waals surface area contributed by atoms with Gasteiger partial charge in [0.1, 0.15) is 6.17 Å². The van der Waals surface area contributed by atoms with E-state index in [1.54, 1.807) is 60.5 Å². The van der Waals surface area contributed by atoms with Crippen molar-refractivity contribution in [2.45, 2.75) is 234 Å². The molecule has 2 aromatic carbocycles. The van der Waals surface area contributed by atoms with Gasteiger partial charge < -0.3 is 9.26 Å². The van der Waals surface area contributed by atoms with Crippen LogP contribution in [0.1, 0.15) is 211 Å². The Hall–Kier alpha value is -3.48. The normalized spacial score (nSPS) is 23.9. The van der Waals surface area contributed by atoms with E-state index in [0.29, 0.717) is 120 Å². The lowest BCUT2D eigenvalue weighted by molar-refractivity contribution is -0.0753. The van der Waals surface area contributed by atoms with Crippen molar-refractivity contribution in [1.29, 1.82) is 5.26 Å². The second-order valence-corrected chi connectivity index (χ2v) is 41.3. The van der Waals surface area contributed by atoms with E-state index in [1.165, 1.54) is 38.1 Å². The molecule has 0 spiro atoms. The number of sulfonamides is 4. The van der Waals surface area contributed by atoms with Crippen LogP contribution in [-0.2, 0) is 51.4 Å². The molecule has 19 nitrogen and oxygen atoms in total. The molecule has 11 rings (SSSR count). The van der Waals surface area contributed by atoms with Gasteiger partial charge in [-0.15, -0.1) is 0 Å². The molecule has 8 heterocycles. The van der Waals surface area contributed by atoms with E-state index in [0.717, 1.165) is 134 Å². The zero-order chi connectivity index (χ0) is 74.0. The number of aryl methyl sites for hydroxylation is 1. The number of piperidine rings is 6. The third kappa shape index (κ3) is 25.7. The molecule has 24 heteroatoms. The van der Waals surface area contributed by atoms with Crippen LogP contribution in [0.15, 0.2) is 68.9 Å². The highest BCUT2D eigenvalue weighted by Crippen LogP contribution is 2.40. The number of ether oxygens (including phenoxy) is 1. The Morgan fingerprint density at radius 3 is 1.44 bits per heavy atom. The maximum atomic E-state index is 14.2. The number of nitrogens with zero attached hydrogens (tertiary/aromatic N) is 9. The summed E-state index contributed by atoms with van der Waals surface area (Å²) in [5.41, 5.74) is 0.824. The molecule has 2 unspecified atom stereocenters. The van der Waals surface area contributed by atoms with Gasteiger partial charge in [0, 0.05) is 58.9 Å². The van der Waals surface area contributed by atoms with E-state index in [9.17, 15) is 38.1 Å². The fourth-order valence-electron chi connectivity index (χ4n) is 14.9. The van der Waals surface area contributed by atoms with Crippen molar-refractivity contribution in [3.8, 4) is 6.07 Å². The van der Waals surface area contributed by atoms with Gasteiger partial charge in [0.2, 0.25) is 46.0 Å². The third-order valence-corrected chi connectivity index (χ3v) is 30.6. The van der Waals surface area contributed by atoms with E-state index in [2.05, 4.69) is 117 Å². The molecular formula is C76H130FN9O10S4. The topological polar surface area (TPSA) is 228 Å². The Morgan fingerprint density at radius 2 is 1.04 bits per heavy atom. The van der Waals surface area contributed by atoms with Crippen molar-refractivity contribution >= 4 is 40.1 Å². The molecule has 570 valence electrons. The van der Waals surface area contributed by atoms with Crippen LogP contribution >= 0.6 is 0 Å². The molecule has 3 aromatic rings. The number of nitriles is 1. The van der Waals surface area contributed by atoms with Crippen LogP contribution in [0, 0.1) is 88.3 Å². The molecule has 4 atom stereocenters. The number of alkyl halides is 1. The van der Waals surface area contributed by atoms with Crippen molar-refractivity contribution in [3.05, 3.63) is 71.9 Å². The van der Waals surface area contributed by atoms with Crippen molar-refractivity contribution in [2.24, 2.45) is 70.0 Å². The second-order valence-electron chi connectivity index (χ2n) is 33.1. The number of hydrogen-bond donors (Lipinski definition) is 0. The lowest BCUT2D eigenvalue weighted by Crippen LogP contribution is -2.52. The highest BCUT2D eigenvalue weighted by atomic mass is 32.2. The van der Waals surface area contributed by atoms with Gasteiger partial charge in [-0.3, -0.25) is 9.80 Å². The number of halogens is 1. The van der Waals surface area contributed by atoms with Crippen LogP contribution in [0.5, 0.6) is 0 Å². The standard InChI is InChI=1S/C15H20N2O2S.C14H21NO2S.C13H22FN3O.C12H23NO2S.C11H23NO2S.C11H21NO/c1-12(2)14-4-3-9-17(11-14)20(18,19)15-7-5-13(10-16)6-8-15;1-12(2)13-7-6-10-15(11-13)18(16,17)14-8-4-3-5-9-14;1-9-15-12(18-16-9)8-17-6-5-10(11(14)7-17)13(2,3)4;1-12(2,3)10-6-8-13(9-7-10)16(14,15)11-4-5-11;1-4-9-15(13,14)12-7-5-11(6-8-12)10(2)3;1-9(2)10-3-5-12(6-4-10)11-7-13-8-11/h5-8,12,14H,3-4,9,11H2,1-2H3;3-5,8-9,12-13H,6-7,10-11H2,1-2H3;10-11H,5-8H2,1-4H3;10-11H,4-9H2,1-3H3;10-11H,4-9H2,1-3H3;9-11H,3-8H2,1-2H3/t14-;13-;;;;/m11..../s1. The predicted octanol–water partition coefficient (Wildman–Crippen LogP) is 14.0. The van der Waals surface area contributed by atoms with Crippen LogP contribution in [0.3, 0.4) is 0 Å². The van der Waals surface area contributed by atoms with Crippen molar-refractivity contribution in [1.82, 2.24) is 37.2 Å². The molecular weight excluding hydrogens is 1350 g/mol. The number of rotatable bonds is 16. The Labute approximate surface area is 606 Å². The Morgan fingerprint density at radius 1 is 0.560 bits per heavy atom. The fourth-order valence-corrected chi connectivity index (χ4v) is 21.4. The monoisotopic (exact) mass is 1480 g/mol. The second kappa shape index (κ2) is 38.7. The molecule has 7 aliphatic heterocycles. The Balaban J connectivity index is 0.000000190. The van der Waals surface area contributed by atoms with Crippen LogP contribution in [-0.4, -0.2) is 186 Å². The summed E-state index contributed by atoms with van der Waals surface area (Å²) in [5, 5.41) is 12.5. The highest BCUT2D eigenvalue weighted by molar-refractivity contribution is 7.90. The summed E-state index contributed by atoms with van der Waals surface area (Å²) in [6.45, 7) is 46.5. The average molecular weight is 1480 g/mol. The minimum Gasteiger partial charge on any atom is -0.378 e. The molecule has 7 saturated heterocycles. The number of benzene rings is 2. The van der Waals surface area contributed by atoms with E-state index in [1.807, 2.05) is 19.1 Å². The van der Waals surface area contributed by atoms with Gasteiger partial charge in [-0.1, -0.05) is 127 Å². The first-order valence-corrected chi connectivity index (χ1v) is 43.9. The minimum absolute atomic E-state index is 0.0343. The first-order valence-electron chi connectivity index (χ1n) is 37.9. The average Bonchev–Trinajstić information content (AvgIpc) is 1.34. The van der Waals surface area contributed by atoms with Gasteiger partial charge in [-0.05, 0) is 223 Å². The van der Waals surface area contributed by atoms with E-state index < -0.39 is 46.3 Å². The minimum atomic E-state index is -3.43. The molecule has 1 aromatic heterocycles. The van der Waals surface area contributed by atoms with Crippen LogP contribution in [0.2, 0.25) is 0 Å². The van der Waals surface area contributed by atoms with E-state index in [-0.39, 0.29) is 21.5 Å². The molecule has 1 aliphatic carbocycles. The molecule has 100 heavy (non-hydrogen) atoms. The first-order chi connectivity index (χ1) is 46.9. The first kappa shape index (κ1) is 85.4. The summed E-state index contributed by atoms with van der Waals surface area (Å²) in [7, 11) is -12.6. The van der Waals surface area contributed by atoms with Crippen LogP contribution < -0.4 is 0 Å². The van der Waals surface area contributed by atoms with Crippen molar-refractivity contribution in [3.63, 3.8) is 0 Å². The van der Waals surface area contributed by atoms with Crippen molar-refractivity contribution < 1.29 is 47.3 Å². The molecule has 0 radical (unpaired) electrons. The molecule has 0 bridgehead atoms. The van der Waals surface area contributed by atoms with E-state index in [4.69, 9.17) is 14.5 Å². The summed E-state index contributed by atoms with van der Waals surface area (Å²) in [6, 6.07) is 17.6. The molecule has 8 aliphatic rings. The van der Waals surface area contributed by atoms with Crippen LogP contribution in [0.4, 0.5) is 4.39 Å². The SMILES string of the molecule is CC(C)(C)C1CCN(S(=O)(=O)C2CC2)CC1.CC(C)C1CCN(C2COC2)CC1.CC(C)[C@@H]1CCCN(S(=O)(=O)c2ccc(C#N)cc2)C1.CC(C)[C@@H]1CCCN(S(=O)(=O)c2ccccc2)C1.CCCS(=O)(=O)N1CCC(C(C)C)CC1.Cc1noc(CN2CCC(C(C)(C)C)C(F)C2)n1. The smallest absolute Gasteiger partial charge is 0.243 e. The molecule has 0 N–H and O–H groups in total. The van der Waals surface area contributed by atoms with Crippen LogP contribution in [0.25, 0.3) is 0 Å². The Kier molecular flexibility index (Phi) is 33.1. The summed E-state index contributed by atoms with van der Waals surface area (Å²) < 4.78 is 129. The number of hydrogen-bond acceptors (Lipinski definition) is 15. The maximum absolute atomic E-state index is 14.2. The fraction of sp³-hybridized carbons (Fsp3) is 0.803. The number of likely N-dealkylation sites (tertiary alicyclic amines) is 2. The summed E-state index contributed by atoms with van der Waals surface area (Å²) >= 11 is 0. The number of aromatic nitrogens is 2. The lowest BCUT2D eigenvalue weighted by atomic mass is 9.74. The van der Waals surface area contributed by atoms with Gasteiger partial charge in [0.05, 0.1) is 58.2 Å². The Bertz CT molecular complexity index is 3400. The highest BCUT2D eigenvalue weighted by Gasteiger charge is 2.43. The molecule has 0 amide bonds. The van der Waals surface area contributed by atoms with E-state index >= 15 is 0 Å². The summed E-state index contributed by atoms with van der Waals surface area (Å²) in [4.78, 5) is 9.51. The van der Waals surface area contributed by atoms with Gasteiger partial charge in [-0.25, -0.2) is 46.7 Å². The lowest BCUT2D eigenvalue weighted by Gasteiger charge is -2.42. The summed E-state index contributed by atoms with van der Waals surface area (Å²) in [5.74, 6) is 7.49. The van der Waals surface area contributed by atoms with Gasteiger partial charge in [0.25, 0.3) is 0 Å². The zero-order valence-electron chi connectivity index (χ0n) is 64.0. The molecule has 1 saturated carbocycles. The van der Waals surface area contributed by atoms with Gasteiger partial charge in [-0.2, -0.15) is 18.9 Å². The largest absolute Gasteiger partial charge is 0.378 e. The zero-order valence-corrected chi connectivity index (χ0v) is 67.3. The summed E-state index contributed by atoms with van der Waals surface area (Å²) in [6.07, 6.45) is 13.6. The van der Waals surface area contributed by atoms with Crippen molar-refractivity contribution in [2.75, 3.05) is 97.5 Å². The van der Waals surface area contributed by atoms with Gasteiger partial charge in [0.15, 0.2) is 5.82 Å². The molecule has 8 fully saturated rings. The predicted molar refractivity (Wildman–Crippen MR) is 400 cm³/mol. The third-order valence-electron chi connectivity index (χ3n) is 22.3. The maximum Gasteiger partial charge on any atom is 0.243 e. The quantitative estimate of drug-likeness (QED) is 0.130. The van der Waals surface area contributed by atoms with Gasteiger partial charge >= 0.3 is 0 Å².